The Balaban J connectivity index is 1.56. The van der Waals surface area contributed by atoms with Gasteiger partial charge in [-0.2, -0.15) is 0 Å². The summed E-state index contributed by atoms with van der Waals surface area (Å²) in [4.78, 5) is 39.0. The van der Waals surface area contributed by atoms with Crippen molar-refractivity contribution in [1.29, 1.82) is 0 Å². The average molecular weight is 551 g/mol. The van der Waals surface area contributed by atoms with Crippen LogP contribution in [0.4, 0.5) is 0 Å². The minimum atomic E-state index is -0.997. The minimum absolute atomic E-state index is 0.0588. The lowest BCUT2D eigenvalue weighted by atomic mass is 10.0. The molecule has 1 heterocycles. The number of likely N-dealkylation sites (tertiary alicyclic amines) is 1. The minimum Gasteiger partial charge on any atom is -0.496 e. The summed E-state index contributed by atoms with van der Waals surface area (Å²) in [7, 11) is 1.61. The van der Waals surface area contributed by atoms with Crippen LogP contribution in [-0.4, -0.2) is 54.0 Å². The number of hydrogen-bond donors (Lipinski definition) is 2. The zero-order valence-electron chi connectivity index (χ0n) is 20.0. The second-order valence-electron chi connectivity index (χ2n) is 8.48. The first-order chi connectivity index (χ1) is 17.2. The first-order valence-corrected chi connectivity index (χ1v) is 13.0. The molecule has 10 heteroatoms. The molecule has 2 aromatic rings. The van der Waals surface area contributed by atoms with Crippen molar-refractivity contribution in [2.45, 2.75) is 42.0 Å². The molecule has 0 spiro atoms. The van der Waals surface area contributed by atoms with Gasteiger partial charge in [-0.3, -0.25) is 14.4 Å². The largest absolute Gasteiger partial charge is 0.496 e. The maximum Gasteiger partial charge on any atom is 0.306 e. The van der Waals surface area contributed by atoms with Gasteiger partial charge >= 0.3 is 5.97 Å². The molecule has 2 amide bonds. The molecule has 1 atom stereocenters. The summed E-state index contributed by atoms with van der Waals surface area (Å²) in [5.41, 5.74) is 0.633. The van der Waals surface area contributed by atoms with Gasteiger partial charge in [0.2, 0.25) is 11.8 Å². The lowest BCUT2D eigenvalue weighted by molar-refractivity contribution is -0.143. The molecule has 192 valence electrons. The smallest absolute Gasteiger partial charge is 0.306 e. The van der Waals surface area contributed by atoms with Crippen molar-refractivity contribution in [3.05, 3.63) is 58.1 Å². The van der Waals surface area contributed by atoms with Crippen LogP contribution in [-0.2, 0) is 14.4 Å². The van der Waals surface area contributed by atoms with Gasteiger partial charge in [0, 0.05) is 36.5 Å². The Bertz CT molecular complexity index is 1150. The van der Waals surface area contributed by atoms with E-state index < -0.39 is 11.9 Å². The van der Waals surface area contributed by atoms with Crippen molar-refractivity contribution in [2.24, 2.45) is 5.92 Å². The molecule has 3 rings (SSSR count). The Morgan fingerprint density at radius 2 is 1.83 bits per heavy atom. The van der Waals surface area contributed by atoms with Gasteiger partial charge < -0.3 is 20.1 Å². The number of para-hydroxylation sites is 1. The van der Waals surface area contributed by atoms with Crippen LogP contribution >= 0.6 is 35.0 Å². The number of carboxylic acids is 1. The summed E-state index contributed by atoms with van der Waals surface area (Å²) < 4.78 is 5.39. The van der Waals surface area contributed by atoms with Crippen molar-refractivity contribution in [1.82, 2.24) is 10.2 Å². The van der Waals surface area contributed by atoms with Crippen LogP contribution in [0, 0.1) is 5.92 Å². The predicted molar refractivity (Wildman–Crippen MR) is 142 cm³/mol. The van der Waals surface area contributed by atoms with Gasteiger partial charge in [-0.05, 0) is 42.7 Å². The Morgan fingerprint density at radius 3 is 2.50 bits per heavy atom. The van der Waals surface area contributed by atoms with Crippen LogP contribution in [0.2, 0.25) is 10.0 Å². The topological polar surface area (TPSA) is 95.9 Å². The lowest BCUT2D eigenvalue weighted by Gasteiger charge is -2.32. The number of carbonyl (C=O) groups excluding carboxylic acids is 2. The third-order valence-corrected chi connectivity index (χ3v) is 7.98. The van der Waals surface area contributed by atoms with Crippen molar-refractivity contribution < 1.29 is 24.2 Å². The highest BCUT2D eigenvalue weighted by Gasteiger charge is 2.24. The van der Waals surface area contributed by atoms with Crippen molar-refractivity contribution >= 4 is 58.8 Å². The Labute approximate surface area is 224 Å². The fraction of sp³-hybridized carbons (Fsp3) is 0.346. The Morgan fingerprint density at radius 1 is 1.14 bits per heavy atom. The molecule has 0 bridgehead atoms. The van der Waals surface area contributed by atoms with E-state index in [0.29, 0.717) is 41.5 Å². The summed E-state index contributed by atoms with van der Waals surface area (Å²) in [6.07, 6.45) is 4.27. The molecule has 0 aliphatic carbocycles. The second-order valence-corrected chi connectivity index (χ2v) is 10.3. The normalized spacial score (nSPS) is 15.1. The first-order valence-electron chi connectivity index (χ1n) is 11.5. The number of methoxy groups -OCH3 is 1. The molecule has 36 heavy (non-hydrogen) atoms. The number of halogens is 2. The van der Waals surface area contributed by atoms with Crippen molar-refractivity contribution in [2.75, 3.05) is 20.2 Å². The number of rotatable bonds is 9. The highest BCUT2D eigenvalue weighted by Crippen LogP contribution is 2.42. The van der Waals surface area contributed by atoms with E-state index in [1.54, 1.807) is 18.1 Å². The van der Waals surface area contributed by atoms with Gasteiger partial charge in [0.25, 0.3) is 0 Å². The molecule has 0 radical (unpaired) electrons. The molecule has 1 aliphatic heterocycles. The standard InChI is InChI=1S/C26H28Cl2N2O5S/c1-16(26(33)34)15-22(31)29-18-11-13-30(14-12-18)23(32)10-8-17-7-9-21(25(28)24(17)27)36-20-6-4-3-5-19(20)35-2/h3-10,16,18H,11-15H2,1-2H3,(H,29,31)(H,33,34). The maximum atomic E-state index is 12.7. The highest BCUT2D eigenvalue weighted by atomic mass is 35.5. The van der Waals surface area contributed by atoms with Crippen molar-refractivity contribution in [3.8, 4) is 5.75 Å². The molecule has 1 aliphatic rings. The SMILES string of the molecule is COc1ccccc1Sc1ccc(C=CC(=O)N2CCC(NC(=O)CC(C)C(=O)O)CC2)c(Cl)c1Cl. The maximum absolute atomic E-state index is 12.7. The van der Waals surface area contributed by atoms with Crippen molar-refractivity contribution in [3.63, 3.8) is 0 Å². The summed E-state index contributed by atoms with van der Waals surface area (Å²) in [5, 5.41) is 12.6. The van der Waals surface area contributed by atoms with E-state index in [9.17, 15) is 14.4 Å². The number of amides is 2. The van der Waals surface area contributed by atoms with E-state index in [-0.39, 0.29) is 24.3 Å². The van der Waals surface area contributed by atoms with Gasteiger partial charge in [-0.1, -0.05) is 60.1 Å². The highest BCUT2D eigenvalue weighted by molar-refractivity contribution is 7.99. The van der Waals surface area contributed by atoms with Gasteiger partial charge in [0.05, 0.1) is 28.0 Å². The van der Waals surface area contributed by atoms with Crippen LogP contribution in [0.25, 0.3) is 6.08 Å². The molecule has 2 aromatic carbocycles. The Hall–Kier alpha value is -2.68. The average Bonchev–Trinajstić information content (AvgIpc) is 2.86. The Kier molecular flexibility index (Phi) is 10.1. The van der Waals surface area contributed by atoms with Crippen LogP contribution < -0.4 is 10.1 Å². The molecule has 1 saturated heterocycles. The van der Waals surface area contributed by atoms with E-state index in [1.807, 2.05) is 36.4 Å². The van der Waals surface area contributed by atoms with Crippen LogP contribution in [0.1, 0.15) is 31.7 Å². The van der Waals surface area contributed by atoms with Gasteiger partial charge in [0.15, 0.2) is 0 Å². The van der Waals surface area contributed by atoms with E-state index in [0.717, 1.165) is 15.5 Å². The zero-order chi connectivity index (χ0) is 26.2. The summed E-state index contributed by atoms with van der Waals surface area (Å²) in [6, 6.07) is 11.2. The first kappa shape index (κ1) is 27.9. The fourth-order valence-corrected chi connectivity index (χ4v) is 5.27. The third-order valence-electron chi connectivity index (χ3n) is 5.86. The van der Waals surface area contributed by atoms with Crippen LogP contribution in [0.15, 0.2) is 52.3 Å². The molecule has 0 saturated carbocycles. The zero-order valence-corrected chi connectivity index (χ0v) is 22.3. The number of hydrogen-bond acceptors (Lipinski definition) is 5. The molecular formula is C26H28Cl2N2O5S. The monoisotopic (exact) mass is 550 g/mol. The third kappa shape index (κ3) is 7.41. The number of benzene rings is 2. The number of aliphatic carboxylic acids is 1. The predicted octanol–water partition coefficient (Wildman–Crippen LogP) is 5.38. The molecule has 1 unspecified atom stereocenters. The molecular weight excluding hydrogens is 523 g/mol. The fourth-order valence-electron chi connectivity index (χ4n) is 3.74. The van der Waals surface area contributed by atoms with Gasteiger partial charge in [0.1, 0.15) is 5.75 Å². The molecule has 2 N–H and O–H groups in total. The van der Waals surface area contributed by atoms with E-state index >= 15 is 0 Å². The molecule has 7 nitrogen and oxygen atoms in total. The summed E-state index contributed by atoms with van der Waals surface area (Å²) >= 11 is 14.5. The number of nitrogens with one attached hydrogen (secondary N) is 1. The van der Waals surface area contributed by atoms with Crippen LogP contribution in [0.3, 0.4) is 0 Å². The van der Waals surface area contributed by atoms with Gasteiger partial charge in [-0.15, -0.1) is 0 Å². The number of piperidine rings is 1. The van der Waals surface area contributed by atoms with Gasteiger partial charge in [-0.25, -0.2) is 0 Å². The quantitative estimate of drug-likeness (QED) is 0.406. The summed E-state index contributed by atoms with van der Waals surface area (Å²) in [5.74, 6) is -1.43. The number of carboxylic acid groups (broad SMARTS) is 1. The number of nitrogens with zero attached hydrogens (tertiary/aromatic N) is 1. The molecule has 0 aromatic heterocycles. The van der Waals surface area contributed by atoms with E-state index in [2.05, 4.69) is 5.32 Å². The van der Waals surface area contributed by atoms with Crippen LogP contribution in [0.5, 0.6) is 5.75 Å². The van der Waals surface area contributed by atoms with E-state index in [1.165, 1.54) is 24.8 Å². The molecule has 1 fully saturated rings. The summed E-state index contributed by atoms with van der Waals surface area (Å²) in [6.45, 7) is 2.49. The number of ether oxygens (including phenoxy) is 1. The number of carbonyl (C=O) groups is 3. The second kappa shape index (κ2) is 13.0. The van der Waals surface area contributed by atoms with E-state index in [4.69, 9.17) is 33.0 Å². The lowest BCUT2D eigenvalue weighted by Crippen LogP contribution is -2.46.